The van der Waals surface area contributed by atoms with Gasteiger partial charge < -0.3 is 4.52 Å². The van der Waals surface area contributed by atoms with Gasteiger partial charge in [-0.25, -0.2) is 0 Å². The van der Waals surface area contributed by atoms with Gasteiger partial charge in [-0.1, -0.05) is 5.16 Å². The van der Waals surface area contributed by atoms with E-state index in [0.29, 0.717) is 11.7 Å². The molecule has 2 rings (SSSR count). The van der Waals surface area contributed by atoms with Crippen molar-refractivity contribution in [1.82, 2.24) is 15.1 Å². The van der Waals surface area contributed by atoms with Crippen LogP contribution in [0, 0.1) is 6.92 Å². The molecule has 0 spiro atoms. The lowest BCUT2D eigenvalue weighted by Crippen LogP contribution is -1.83. The molecule has 0 aliphatic rings. The van der Waals surface area contributed by atoms with Gasteiger partial charge in [-0.15, -0.1) is 11.6 Å². The lowest BCUT2D eigenvalue weighted by atomic mass is 10.2. The quantitative estimate of drug-likeness (QED) is 0.712. The normalized spacial score (nSPS) is 10.4. The van der Waals surface area contributed by atoms with Crippen LogP contribution in [0.2, 0.25) is 0 Å². The number of hydrogen-bond donors (Lipinski definition) is 0. The van der Waals surface area contributed by atoms with Gasteiger partial charge in [0.2, 0.25) is 0 Å². The topological polar surface area (TPSA) is 51.8 Å². The van der Waals surface area contributed by atoms with E-state index < -0.39 is 0 Å². The number of aryl methyl sites for hydroxylation is 1. The van der Waals surface area contributed by atoms with Gasteiger partial charge in [0.1, 0.15) is 0 Å². The molecule has 2 aromatic heterocycles. The molecule has 0 aromatic carbocycles. The van der Waals surface area contributed by atoms with Gasteiger partial charge in [-0.3, -0.25) is 4.98 Å². The van der Waals surface area contributed by atoms with Crippen molar-refractivity contribution in [3.63, 3.8) is 0 Å². The minimum atomic E-state index is 0.258. The van der Waals surface area contributed by atoms with E-state index in [0.717, 1.165) is 11.3 Å². The second kappa shape index (κ2) is 3.75. The van der Waals surface area contributed by atoms with Gasteiger partial charge in [0, 0.05) is 17.5 Å². The van der Waals surface area contributed by atoms with Gasteiger partial charge in [-0.2, -0.15) is 4.98 Å². The smallest absolute Gasteiger partial charge is 0.258 e. The number of pyridine rings is 1. The molecule has 0 saturated heterocycles. The lowest BCUT2D eigenvalue weighted by molar-refractivity contribution is 0.425. The van der Waals surface area contributed by atoms with Gasteiger partial charge in [-0.05, 0) is 19.1 Å². The molecule has 0 aliphatic heterocycles. The minimum absolute atomic E-state index is 0.258. The average Bonchev–Trinajstić information content (AvgIpc) is 2.66. The summed E-state index contributed by atoms with van der Waals surface area (Å²) in [5, 5.41) is 3.70. The van der Waals surface area contributed by atoms with Crippen LogP contribution >= 0.6 is 11.6 Å². The van der Waals surface area contributed by atoms with Crippen LogP contribution in [0.25, 0.3) is 11.5 Å². The third-order valence-corrected chi connectivity index (χ3v) is 1.97. The first-order valence-electron chi connectivity index (χ1n) is 4.11. The summed E-state index contributed by atoms with van der Waals surface area (Å²) in [6, 6.07) is 3.70. The molecule has 14 heavy (non-hydrogen) atoms. The summed E-state index contributed by atoms with van der Waals surface area (Å²) in [6.45, 7) is 1.91. The third-order valence-electron chi connectivity index (χ3n) is 1.73. The van der Waals surface area contributed by atoms with E-state index >= 15 is 0 Å². The third kappa shape index (κ3) is 1.75. The van der Waals surface area contributed by atoms with Gasteiger partial charge >= 0.3 is 0 Å². The summed E-state index contributed by atoms with van der Waals surface area (Å²) in [5.41, 5.74) is 1.77. The molecule has 4 nitrogen and oxygen atoms in total. The number of alkyl halides is 1. The number of halogens is 1. The average molecular weight is 210 g/mol. The molecule has 0 fully saturated rings. The Morgan fingerprint density at radius 3 is 3.00 bits per heavy atom. The summed E-state index contributed by atoms with van der Waals surface area (Å²) in [7, 11) is 0. The second-order valence-electron chi connectivity index (χ2n) is 2.84. The Morgan fingerprint density at radius 2 is 2.36 bits per heavy atom. The molecule has 0 N–H and O–H groups in total. The fraction of sp³-hybridized carbons (Fsp3) is 0.222. The van der Waals surface area contributed by atoms with Crippen LogP contribution in [-0.4, -0.2) is 15.1 Å². The predicted molar refractivity (Wildman–Crippen MR) is 51.8 cm³/mol. The van der Waals surface area contributed by atoms with Crippen molar-refractivity contribution in [3.8, 4) is 11.5 Å². The van der Waals surface area contributed by atoms with E-state index in [-0.39, 0.29) is 5.88 Å². The maximum absolute atomic E-state index is 5.56. The van der Waals surface area contributed by atoms with E-state index in [1.807, 2.05) is 19.1 Å². The number of rotatable bonds is 2. The standard InChI is InChI=1S/C9H8ClN3O/c1-6-4-7(2-3-11-6)9-12-8(5-10)13-14-9/h2-4H,5H2,1H3. The minimum Gasteiger partial charge on any atom is -0.334 e. The first-order chi connectivity index (χ1) is 6.79. The summed E-state index contributed by atoms with van der Waals surface area (Å²) in [4.78, 5) is 8.18. The van der Waals surface area contributed by atoms with Crippen molar-refractivity contribution in [2.45, 2.75) is 12.8 Å². The Kier molecular flexibility index (Phi) is 2.45. The molecule has 0 unspecified atom stereocenters. The molecular formula is C9H8ClN3O. The van der Waals surface area contributed by atoms with E-state index in [9.17, 15) is 0 Å². The summed E-state index contributed by atoms with van der Waals surface area (Å²) < 4.78 is 5.02. The first-order valence-corrected chi connectivity index (χ1v) is 4.64. The zero-order valence-corrected chi connectivity index (χ0v) is 8.32. The molecule has 0 amide bonds. The van der Waals surface area contributed by atoms with E-state index in [2.05, 4.69) is 15.1 Å². The number of hydrogen-bond acceptors (Lipinski definition) is 4. The Balaban J connectivity index is 2.39. The predicted octanol–water partition coefficient (Wildman–Crippen LogP) is 2.18. The van der Waals surface area contributed by atoms with Crippen molar-refractivity contribution in [3.05, 3.63) is 29.8 Å². The van der Waals surface area contributed by atoms with E-state index in [4.69, 9.17) is 16.1 Å². The van der Waals surface area contributed by atoms with Crippen molar-refractivity contribution < 1.29 is 4.52 Å². The van der Waals surface area contributed by atoms with Crippen molar-refractivity contribution >= 4 is 11.6 Å². The molecule has 0 radical (unpaired) electrons. The monoisotopic (exact) mass is 209 g/mol. The molecule has 0 atom stereocenters. The van der Waals surface area contributed by atoms with Crippen LogP contribution in [0.3, 0.4) is 0 Å². The highest BCUT2D eigenvalue weighted by molar-refractivity contribution is 6.16. The first kappa shape index (κ1) is 9.15. The van der Waals surface area contributed by atoms with Crippen LogP contribution in [0.15, 0.2) is 22.9 Å². The van der Waals surface area contributed by atoms with Crippen molar-refractivity contribution in [2.75, 3.05) is 0 Å². The van der Waals surface area contributed by atoms with Crippen LogP contribution in [-0.2, 0) is 5.88 Å². The largest absolute Gasteiger partial charge is 0.334 e. The molecule has 72 valence electrons. The highest BCUT2D eigenvalue weighted by atomic mass is 35.5. The van der Waals surface area contributed by atoms with Gasteiger partial charge in [0.05, 0.1) is 5.88 Å². The fourth-order valence-corrected chi connectivity index (χ4v) is 1.21. The number of nitrogens with zero attached hydrogens (tertiary/aromatic N) is 3. The van der Waals surface area contributed by atoms with Gasteiger partial charge in [0.25, 0.3) is 5.89 Å². The molecule has 5 heteroatoms. The lowest BCUT2D eigenvalue weighted by Gasteiger charge is -1.94. The number of aromatic nitrogens is 3. The van der Waals surface area contributed by atoms with Crippen LogP contribution in [0.5, 0.6) is 0 Å². The molecule has 0 saturated carbocycles. The maximum Gasteiger partial charge on any atom is 0.258 e. The Hall–Kier alpha value is -1.42. The molecule has 0 aliphatic carbocycles. The zero-order valence-electron chi connectivity index (χ0n) is 7.57. The highest BCUT2D eigenvalue weighted by Gasteiger charge is 2.07. The summed E-state index contributed by atoms with van der Waals surface area (Å²) >= 11 is 5.56. The molecule has 2 aromatic rings. The molecule has 0 bridgehead atoms. The molecule has 2 heterocycles. The fourth-order valence-electron chi connectivity index (χ4n) is 1.10. The second-order valence-corrected chi connectivity index (χ2v) is 3.10. The summed E-state index contributed by atoms with van der Waals surface area (Å²) in [5.74, 6) is 1.23. The van der Waals surface area contributed by atoms with E-state index in [1.165, 1.54) is 0 Å². The van der Waals surface area contributed by atoms with Gasteiger partial charge in [0.15, 0.2) is 5.82 Å². The maximum atomic E-state index is 5.56. The SMILES string of the molecule is Cc1cc(-c2nc(CCl)no2)ccn1. The Labute approximate surface area is 85.9 Å². The van der Waals surface area contributed by atoms with Crippen molar-refractivity contribution in [1.29, 1.82) is 0 Å². The van der Waals surface area contributed by atoms with Crippen molar-refractivity contribution in [2.24, 2.45) is 0 Å². The zero-order chi connectivity index (χ0) is 9.97. The van der Waals surface area contributed by atoms with Crippen LogP contribution in [0.1, 0.15) is 11.5 Å². The van der Waals surface area contributed by atoms with E-state index in [1.54, 1.807) is 6.20 Å². The molecular weight excluding hydrogens is 202 g/mol. The highest BCUT2D eigenvalue weighted by Crippen LogP contribution is 2.17. The van der Waals surface area contributed by atoms with Crippen LogP contribution in [0.4, 0.5) is 0 Å². The Bertz CT molecular complexity index is 441. The summed E-state index contributed by atoms with van der Waals surface area (Å²) in [6.07, 6.45) is 1.70. The Morgan fingerprint density at radius 1 is 1.50 bits per heavy atom. The van der Waals surface area contributed by atoms with Crippen LogP contribution < -0.4 is 0 Å².